The second kappa shape index (κ2) is 4.99. The van der Waals surface area contributed by atoms with Gasteiger partial charge in [-0.05, 0) is 18.2 Å². The summed E-state index contributed by atoms with van der Waals surface area (Å²) in [5.74, 6) is 0. The molecule has 0 spiro atoms. The Morgan fingerprint density at radius 3 is 2.58 bits per heavy atom. The van der Waals surface area contributed by atoms with Gasteiger partial charge in [0.25, 0.3) is 0 Å². The van der Waals surface area contributed by atoms with E-state index in [9.17, 15) is 0 Å². The van der Waals surface area contributed by atoms with Crippen LogP contribution in [0, 0.1) is 0 Å². The van der Waals surface area contributed by atoms with Gasteiger partial charge in [-0.2, -0.15) is 0 Å². The molecule has 19 heavy (non-hydrogen) atoms. The lowest BCUT2D eigenvalue weighted by Gasteiger charge is -2.03. The van der Waals surface area contributed by atoms with Crippen molar-refractivity contribution in [2.75, 3.05) is 5.73 Å². The fourth-order valence-electron chi connectivity index (χ4n) is 1.84. The summed E-state index contributed by atoms with van der Waals surface area (Å²) in [6, 6.07) is 13.4. The van der Waals surface area contributed by atoms with Crippen LogP contribution in [0.4, 0.5) is 5.13 Å². The summed E-state index contributed by atoms with van der Waals surface area (Å²) in [4.78, 5) is 9.64. The molecule has 0 aliphatic rings. The van der Waals surface area contributed by atoms with Crippen molar-refractivity contribution in [3.05, 3.63) is 53.7 Å². The van der Waals surface area contributed by atoms with Crippen molar-refractivity contribution in [1.82, 2.24) is 9.97 Å². The van der Waals surface area contributed by atoms with Gasteiger partial charge >= 0.3 is 0 Å². The quantitative estimate of drug-likeness (QED) is 0.772. The number of anilines is 1. The van der Waals surface area contributed by atoms with Crippen LogP contribution in [-0.2, 0) is 0 Å². The molecule has 0 unspecified atom stereocenters. The van der Waals surface area contributed by atoms with Crippen LogP contribution in [0.25, 0.3) is 21.8 Å². The molecule has 0 atom stereocenters. The zero-order chi connectivity index (χ0) is 13.2. The topological polar surface area (TPSA) is 51.8 Å². The number of nitrogen functional groups attached to an aromatic ring is 1. The highest BCUT2D eigenvalue weighted by molar-refractivity contribution is 7.19. The van der Waals surface area contributed by atoms with Gasteiger partial charge in [-0.1, -0.05) is 47.2 Å². The number of benzene rings is 1. The summed E-state index contributed by atoms with van der Waals surface area (Å²) in [5.41, 5.74) is 8.34. The van der Waals surface area contributed by atoms with E-state index in [0.29, 0.717) is 10.2 Å². The molecule has 0 saturated heterocycles. The Bertz CT molecular complexity index is 710. The smallest absolute Gasteiger partial charge is 0.181 e. The van der Waals surface area contributed by atoms with Gasteiger partial charge in [0.2, 0.25) is 0 Å². The van der Waals surface area contributed by atoms with E-state index in [4.69, 9.17) is 17.3 Å². The van der Waals surface area contributed by atoms with E-state index in [1.54, 1.807) is 6.20 Å². The van der Waals surface area contributed by atoms with E-state index in [0.717, 1.165) is 21.8 Å². The number of pyridine rings is 1. The van der Waals surface area contributed by atoms with Crippen molar-refractivity contribution in [2.24, 2.45) is 0 Å². The molecule has 0 amide bonds. The molecule has 1 aromatic carbocycles. The normalized spacial score (nSPS) is 10.6. The lowest BCUT2D eigenvalue weighted by atomic mass is 10.1. The molecular weight excluding hydrogens is 278 g/mol. The zero-order valence-electron chi connectivity index (χ0n) is 9.88. The number of aromatic nitrogens is 2. The zero-order valence-corrected chi connectivity index (χ0v) is 11.4. The van der Waals surface area contributed by atoms with Gasteiger partial charge in [-0.3, -0.25) is 4.98 Å². The lowest BCUT2D eigenvalue weighted by molar-refractivity contribution is 1.28. The summed E-state index contributed by atoms with van der Waals surface area (Å²) in [5, 5.41) is 1.19. The van der Waals surface area contributed by atoms with Gasteiger partial charge in [-0.25, -0.2) is 4.98 Å². The third-order valence-electron chi connectivity index (χ3n) is 2.67. The number of halogens is 1. The van der Waals surface area contributed by atoms with E-state index >= 15 is 0 Å². The molecule has 0 aliphatic carbocycles. The first-order valence-electron chi connectivity index (χ1n) is 5.68. The second-order valence-corrected chi connectivity index (χ2v) is 5.36. The van der Waals surface area contributed by atoms with Gasteiger partial charge in [0, 0.05) is 16.8 Å². The van der Waals surface area contributed by atoms with Crippen molar-refractivity contribution in [2.45, 2.75) is 0 Å². The Labute approximate surface area is 119 Å². The highest BCUT2D eigenvalue weighted by Gasteiger charge is 2.16. The fourth-order valence-corrected chi connectivity index (χ4v) is 3.01. The van der Waals surface area contributed by atoms with Crippen LogP contribution < -0.4 is 5.73 Å². The van der Waals surface area contributed by atoms with Gasteiger partial charge in [0.05, 0.1) is 10.6 Å². The van der Waals surface area contributed by atoms with Crippen LogP contribution in [0.3, 0.4) is 0 Å². The van der Waals surface area contributed by atoms with Crippen molar-refractivity contribution < 1.29 is 0 Å². The van der Waals surface area contributed by atoms with Gasteiger partial charge in [-0.15, -0.1) is 0 Å². The maximum absolute atomic E-state index is 6.25. The van der Waals surface area contributed by atoms with Crippen molar-refractivity contribution >= 4 is 28.1 Å². The van der Waals surface area contributed by atoms with Crippen LogP contribution in [0.2, 0.25) is 5.02 Å². The molecule has 0 saturated carbocycles. The summed E-state index contributed by atoms with van der Waals surface area (Å²) >= 11 is 7.66. The summed E-state index contributed by atoms with van der Waals surface area (Å²) in [7, 11) is 0. The molecule has 2 aromatic heterocycles. The third kappa shape index (κ3) is 2.32. The van der Waals surface area contributed by atoms with E-state index in [1.165, 1.54) is 11.3 Å². The number of nitrogens with zero attached hydrogens (tertiary/aromatic N) is 2. The minimum absolute atomic E-state index is 0.510. The molecule has 0 bridgehead atoms. The van der Waals surface area contributed by atoms with Crippen molar-refractivity contribution in [1.29, 1.82) is 0 Å². The number of thiazole rings is 1. The average molecular weight is 288 g/mol. The summed E-state index contributed by atoms with van der Waals surface area (Å²) < 4.78 is 0. The number of hydrogen-bond acceptors (Lipinski definition) is 4. The maximum Gasteiger partial charge on any atom is 0.181 e. The van der Waals surface area contributed by atoms with Gasteiger partial charge < -0.3 is 5.73 Å². The monoisotopic (exact) mass is 287 g/mol. The second-order valence-electron chi connectivity index (χ2n) is 3.92. The highest BCUT2D eigenvalue weighted by atomic mass is 35.5. The minimum Gasteiger partial charge on any atom is -0.375 e. The molecular formula is C14H10ClN3S. The standard InChI is InChI=1S/C14H10ClN3S/c15-10-6-2-1-5-9(10)13-12(18-14(16)19-13)11-7-3-4-8-17-11/h1-8H,(H2,16,18). The molecule has 0 aliphatic heterocycles. The first kappa shape index (κ1) is 12.1. The largest absolute Gasteiger partial charge is 0.375 e. The van der Waals surface area contributed by atoms with Crippen LogP contribution in [0.1, 0.15) is 0 Å². The molecule has 2 heterocycles. The minimum atomic E-state index is 0.510. The molecule has 2 N–H and O–H groups in total. The van der Waals surface area contributed by atoms with E-state index < -0.39 is 0 Å². The average Bonchev–Trinajstić information content (AvgIpc) is 2.82. The molecule has 5 heteroatoms. The Balaban J connectivity index is 2.21. The number of rotatable bonds is 2. The Kier molecular flexibility index (Phi) is 3.19. The van der Waals surface area contributed by atoms with Crippen LogP contribution in [0.15, 0.2) is 48.7 Å². The molecule has 3 rings (SSSR count). The van der Waals surface area contributed by atoms with Crippen molar-refractivity contribution in [3.8, 4) is 21.8 Å². The predicted molar refractivity (Wildman–Crippen MR) is 80.2 cm³/mol. The Morgan fingerprint density at radius 1 is 1.05 bits per heavy atom. The van der Waals surface area contributed by atoms with E-state index in [1.807, 2.05) is 42.5 Å². The first-order valence-corrected chi connectivity index (χ1v) is 6.88. The van der Waals surface area contributed by atoms with Crippen LogP contribution in [0.5, 0.6) is 0 Å². The molecule has 3 aromatic rings. The van der Waals surface area contributed by atoms with Gasteiger partial charge in [0.15, 0.2) is 5.13 Å². The lowest BCUT2D eigenvalue weighted by Crippen LogP contribution is -1.87. The van der Waals surface area contributed by atoms with E-state index in [-0.39, 0.29) is 0 Å². The van der Waals surface area contributed by atoms with Crippen LogP contribution in [-0.4, -0.2) is 9.97 Å². The number of nitrogens with two attached hydrogens (primary N) is 1. The molecule has 0 radical (unpaired) electrons. The summed E-state index contributed by atoms with van der Waals surface area (Å²) in [6.45, 7) is 0. The Morgan fingerprint density at radius 2 is 1.84 bits per heavy atom. The van der Waals surface area contributed by atoms with Crippen LogP contribution >= 0.6 is 22.9 Å². The summed E-state index contributed by atoms with van der Waals surface area (Å²) in [6.07, 6.45) is 1.74. The maximum atomic E-state index is 6.25. The predicted octanol–water partition coefficient (Wildman–Crippen LogP) is 4.11. The Hall–Kier alpha value is -1.91. The molecule has 94 valence electrons. The fraction of sp³-hybridized carbons (Fsp3) is 0. The SMILES string of the molecule is Nc1nc(-c2ccccn2)c(-c2ccccc2Cl)s1. The molecule has 0 fully saturated rings. The third-order valence-corrected chi connectivity index (χ3v) is 3.92. The van der Waals surface area contributed by atoms with E-state index in [2.05, 4.69) is 9.97 Å². The van der Waals surface area contributed by atoms with Crippen molar-refractivity contribution in [3.63, 3.8) is 0 Å². The number of hydrogen-bond donors (Lipinski definition) is 1. The van der Waals surface area contributed by atoms with Gasteiger partial charge in [0.1, 0.15) is 5.69 Å². The molecule has 3 nitrogen and oxygen atoms in total. The highest BCUT2D eigenvalue weighted by Crippen LogP contribution is 2.40. The first-order chi connectivity index (χ1) is 9.25.